The van der Waals surface area contributed by atoms with Crippen LogP contribution in [0.1, 0.15) is 32.6 Å². The van der Waals surface area contributed by atoms with Gasteiger partial charge in [0.15, 0.2) is 5.82 Å². The van der Waals surface area contributed by atoms with E-state index in [-0.39, 0.29) is 5.41 Å². The Morgan fingerprint density at radius 2 is 2.16 bits per heavy atom. The molecule has 2 heterocycles. The third-order valence-electron chi connectivity index (χ3n) is 3.33. The van der Waals surface area contributed by atoms with Crippen LogP contribution in [0.3, 0.4) is 0 Å². The van der Waals surface area contributed by atoms with E-state index in [1.54, 1.807) is 6.20 Å². The van der Waals surface area contributed by atoms with Gasteiger partial charge in [-0.05, 0) is 24.8 Å². The van der Waals surface area contributed by atoms with Crippen LogP contribution in [0.5, 0.6) is 0 Å². The predicted octanol–water partition coefficient (Wildman–Crippen LogP) is 1.78. The van der Waals surface area contributed by atoms with Crippen molar-refractivity contribution in [3.8, 4) is 11.6 Å². The molecule has 0 aromatic carbocycles. The molecule has 0 amide bonds. The number of aryl methyl sites for hydroxylation is 2. The summed E-state index contributed by atoms with van der Waals surface area (Å²) in [6.07, 6.45) is 6.32. The second-order valence-electron chi connectivity index (χ2n) is 5.58. The van der Waals surface area contributed by atoms with Crippen LogP contribution in [0.2, 0.25) is 0 Å². The Kier molecular flexibility index (Phi) is 3.99. The average molecular weight is 263 g/mol. The van der Waals surface area contributed by atoms with Crippen LogP contribution in [0, 0.1) is 5.41 Å². The third kappa shape index (κ3) is 3.41. The van der Waals surface area contributed by atoms with Gasteiger partial charge in [-0.1, -0.05) is 19.0 Å². The van der Waals surface area contributed by atoms with Crippen molar-refractivity contribution in [2.45, 2.75) is 33.1 Å². The highest BCUT2D eigenvalue weighted by atomic mass is 16.5. The largest absolute Gasteiger partial charge is 0.339 e. The monoisotopic (exact) mass is 263 g/mol. The van der Waals surface area contributed by atoms with Gasteiger partial charge in [-0.15, -0.1) is 0 Å². The van der Waals surface area contributed by atoms with Gasteiger partial charge in [0.25, 0.3) is 0 Å². The molecule has 0 atom stereocenters. The van der Waals surface area contributed by atoms with E-state index in [4.69, 9.17) is 10.3 Å². The van der Waals surface area contributed by atoms with Crippen molar-refractivity contribution in [1.82, 2.24) is 19.7 Å². The molecule has 6 nitrogen and oxygen atoms in total. The Hall–Kier alpha value is -1.69. The van der Waals surface area contributed by atoms with E-state index in [9.17, 15) is 0 Å². The maximum absolute atomic E-state index is 5.61. The van der Waals surface area contributed by atoms with Crippen LogP contribution in [-0.4, -0.2) is 26.2 Å². The Bertz CT molecular complexity index is 529. The highest BCUT2D eigenvalue weighted by molar-refractivity contribution is 5.42. The standard InChI is InChI=1S/C13H21N5O/c1-13(2,6-7-14)5-4-10-16-11(17-19-10)12-15-8-9-18(12)3/h8-9H,4-7,14H2,1-3H3. The number of nitrogens with two attached hydrogens (primary N) is 1. The van der Waals surface area contributed by atoms with Crippen LogP contribution in [-0.2, 0) is 13.5 Å². The summed E-state index contributed by atoms with van der Waals surface area (Å²) in [5.41, 5.74) is 5.81. The zero-order chi connectivity index (χ0) is 13.9. The minimum atomic E-state index is 0.201. The van der Waals surface area contributed by atoms with Crippen molar-refractivity contribution >= 4 is 0 Å². The smallest absolute Gasteiger partial charge is 0.238 e. The molecule has 0 aliphatic rings. The van der Waals surface area contributed by atoms with Gasteiger partial charge in [0.05, 0.1) is 0 Å². The minimum absolute atomic E-state index is 0.201. The van der Waals surface area contributed by atoms with Gasteiger partial charge in [0.2, 0.25) is 11.7 Å². The first-order valence-corrected chi connectivity index (χ1v) is 6.52. The molecule has 0 spiro atoms. The normalized spacial score (nSPS) is 12.0. The van der Waals surface area contributed by atoms with Crippen molar-refractivity contribution in [2.75, 3.05) is 6.54 Å². The quantitative estimate of drug-likeness (QED) is 0.859. The Morgan fingerprint density at radius 3 is 2.79 bits per heavy atom. The van der Waals surface area contributed by atoms with Gasteiger partial charge in [-0.2, -0.15) is 4.98 Å². The first-order chi connectivity index (χ1) is 9.02. The summed E-state index contributed by atoms with van der Waals surface area (Å²) in [4.78, 5) is 8.58. The van der Waals surface area contributed by atoms with Gasteiger partial charge >= 0.3 is 0 Å². The Labute approximate surface area is 113 Å². The lowest BCUT2D eigenvalue weighted by molar-refractivity contribution is 0.289. The molecule has 0 saturated carbocycles. The van der Waals surface area contributed by atoms with E-state index in [0.29, 0.717) is 18.3 Å². The summed E-state index contributed by atoms with van der Waals surface area (Å²) >= 11 is 0. The molecule has 0 aliphatic carbocycles. The number of hydrogen-bond acceptors (Lipinski definition) is 5. The lowest BCUT2D eigenvalue weighted by Gasteiger charge is -2.22. The van der Waals surface area contributed by atoms with E-state index in [1.807, 2.05) is 17.8 Å². The molecule has 6 heteroatoms. The van der Waals surface area contributed by atoms with E-state index in [0.717, 1.165) is 25.1 Å². The molecule has 0 bridgehead atoms. The minimum Gasteiger partial charge on any atom is -0.339 e. The lowest BCUT2D eigenvalue weighted by atomic mass is 9.84. The van der Waals surface area contributed by atoms with Crippen LogP contribution in [0.15, 0.2) is 16.9 Å². The number of rotatable bonds is 6. The summed E-state index contributed by atoms with van der Waals surface area (Å²) < 4.78 is 7.14. The zero-order valence-electron chi connectivity index (χ0n) is 11.8. The van der Waals surface area contributed by atoms with E-state index >= 15 is 0 Å². The molecular formula is C13H21N5O. The van der Waals surface area contributed by atoms with Crippen LogP contribution in [0.4, 0.5) is 0 Å². The predicted molar refractivity (Wildman–Crippen MR) is 72.3 cm³/mol. The number of aromatic nitrogens is 4. The topological polar surface area (TPSA) is 82.8 Å². The van der Waals surface area contributed by atoms with Crippen LogP contribution < -0.4 is 5.73 Å². The Morgan fingerprint density at radius 1 is 1.37 bits per heavy atom. The molecule has 0 unspecified atom stereocenters. The number of imidazole rings is 1. The Balaban J connectivity index is 2.01. The van der Waals surface area contributed by atoms with Crippen molar-refractivity contribution in [1.29, 1.82) is 0 Å². The summed E-state index contributed by atoms with van der Waals surface area (Å²) in [6, 6.07) is 0. The highest BCUT2D eigenvalue weighted by Gasteiger charge is 2.19. The molecule has 19 heavy (non-hydrogen) atoms. The van der Waals surface area contributed by atoms with Gasteiger partial charge in [0.1, 0.15) is 0 Å². The molecule has 2 aromatic rings. The second-order valence-corrected chi connectivity index (χ2v) is 5.58. The fourth-order valence-electron chi connectivity index (χ4n) is 1.99. The summed E-state index contributed by atoms with van der Waals surface area (Å²) in [5, 5.41) is 3.97. The third-order valence-corrected chi connectivity index (χ3v) is 3.33. The van der Waals surface area contributed by atoms with Crippen molar-refractivity contribution in [2.24, 2.45) is 18.2 Å². The van der Waals surface area contributed by atoms with Crippen LogP contribution >= 0.6 is 0 Å². The highest BCUT2D eigenvalue weighted by Crippen LogP contribution is 2.26. The molecule has 0 radical (unpaired) electrons. The van der Waals surface area contributed by atoms with Crippen LogP contribution in [0.25, 0.3) is 11.6 Å². The first-order valence-electron chi connectivity index (χ1n) is 6.52. The van der Waals surface area contributed by atoms with Crippen molar-refractivity contribution in [3.63, 3.8) is 0 Å². The second kappa shape index (κ2) is 5.52. The van der Waals surface area contributed by atoms with Gasteiger partial charge in [0, 0.05) is 25.9 Å². The van der Waals surface area contributed by atoms with Crippen molar-refractivity contribution < 1.29 is 4.52 Å². The molecule has 2 aromatic heterocycles. The fraction of sp³-hybridized carbons (Fsp3) is 0.615. The number of nitrogens with zero attached hydrogens (tertiary/aromatic N) is 4. The van der Waals surface area contributed by atoms with Crippen molar-refractivity contribution in [3.05, 3.63) is 18.3 Å². The maximum atomic E-state index is 5.61. The molecule has 0 aliphatic heterocycles. The zero-order valence-corrected chi connectivity index (χ0v) is 11.8. The average Bonchev–Trinajstić information content (AvgIpc) is 2.95. The molecule has 0 fully saturated rings. The molecule has 2 N–H and O–H groups in total. The van der Waals surface area contributed by atoms with Gasteiger partial charge < -0.3 is 14.8 Å². The maximum Gasteiger partial charge on any atom is 0.238 e. The van der Waals surface area contributed by atoms with E-state index in [1.165, 1.54) is 0 Å². The first kappa shape index (κ1) is 13.7. The summed E-state index contributed by atoms with van der Waals surface area (Å²) in [6.45, 7) is 5.11. The molecule has 2 rings (SSSR count). The molecule has 0 saturated heterocycles. The summed E-state index contributed by atoms with van der Waals surface area (Å²) in [5.74, 6) is 1.92. The number of hydrogen-bond donors (Lipinski definition) is 1. The lowest BCUT2D eigenvalue weighted by Crippen LogP contribution is -2.17. The fourth-order valence-corrected chi connectivity index (χ4v) is 1.99. The summed E-state index contributed by atoms with van der Waals surface area (Å²) in [7, 11) is 1.91. The van der Waals surface area contributed by atoms with E-state index in [2.05, 4.69) is 29.0 Å². The van der Waals surface area contributed by atoms with Gasteiger partial charge in [-0.3, -0.25) is 0 Å². The van der Waals surface area contributed by atoms with Gasteiger partial charge in [-0.25, -0.2) is 4.98 Å². The van der Waals surface area contributed by atoms with E-state index < -0.39 is 0 Å². The SMILES string of the molecule is Cn1ccnc1-c1noc(CCC(C)(C)CCN)n1. The molecular weight excluding hydrogens is 242 g/mol. The molecule has 104 valence electrons.